The lowest BCUT2D eigenvalue weighted by Crippen LogP contribution is -2.32. The van der Waals surface area contributed by atoms with Crippen LogP contribution in [0.4, 0.5) is 0 Å². The van der Waals surface area contributed by atoms with Crippen molar-refractivity contribution in [3.63, 3.8) is 0 Å². The zero-order valence-corrected chi connectivity index (χ0v) is 14.2. The van der Waals surface area contributed by atoms with Crippen LogP contribution in [0.15, 0.2) is 23.2 Å². The summed E-state index contributed by atoms with van der Waals surface area (Å²) in [6, 6.07) is 5.59. The molecule has 0 aliphatic rings. The normalized spacial score (nSPS) is 11.3. The highest BCUT2D eigenvalue weighted by molar-refractivity contribution is 5.77. The molecule has 1 aromatic rings. The number of aliphatic hydroxyl groups excluding tert-OH is 1. The Balaban J connectivity index is 2.48. The second-order valence-electron chi connectivity index (χ2n) is 5.25. The number of nitrogens with two attached hydrogens (primary N) is 1. The molecule has 6 nitrogen and oxygen atoms in total. The molecule has 130 valence electrons. The first-order valence-corrected chi connectivity index (χ1v) is 8.15. The highest BCUT2D eigenvalue weighted by Gasteiger charge is 2.05. The number of guanidine groups is 1. The zero-order chi connectivity index (χ0) is 16.9. The van der Waals surface area contributed by atoms with Crippen molar-refractivity contribution in [1.29, 1.82) is 0 Å². The molecule has 0 atom stereocenters. The van der Waals surface area contributed by atoms with Gasteiger partial charge in [-0.25, -0.2) is 4.99 Å². The fraction of sp³-hybridized carbons (Fsp3) is 0.588. The molecule has 1 rings (SSSR count). The predicted molar refractivity (Wildman–Crippen MR) is 93.0 cm³/mol. The van der Waals surface area contributed by atoms with Crippen LogP contribution >= 0.6 is 0 Å². The van der Waals surface area contributed by atoms with E-state index in [1.165, 1.54) is 19.3 Å². The van der Waals surface area contributed by atoms with Crippen molar-refractivity contribution in [2.45, 2.75) is 39.2 Å². The molecule has 0 aliphatic carbocycles. The molecule has 0 aromatic heterocycles. The Morgan fingerprint density at radius 1 is 1.26 bits per heavy atom. The SMILES string of the molecule is CCCCCCNC(N)=NCc1ccc(OCCO)c(OC)c1. The average Bonchev–Trinajstić information content (AvgIpc) is 2.58. The molecule has 4 N–H and O–H groups in total. The summed E-state index contributed by atoms with van der Waals surface area (Å²) in [4.78, 5) is 4.33. The van der Waals surface area contributed by atoms with Crippen molar-refractivity contribution in [3.05, 3.63) is 23.8 Å². The van der Waals surface area contributed by atoms with E-state index in [-0.39, 0.29) is 13.2 Å². The molecule has 1 aromatic carbocycles. The van der Waals surface area contributed by atoms with Crippen LogP contribution in [-0.4, -0.2) is 37.9 Å². The van der Waals surface area contributed by atoms with E-state index in [2.05, 4.69) is 17.2 Å². The third-order valence-electron chi connectivity index (χ3n) is 3.35. The van der Waals surface area contributed by atoms with Crippen molar-refractivity contribution in [3.8, 4) is 11.5 Å². The van der Waals surface area contributed by atoms with Crippen molar-refractivity contribution < 1.29 is 14.6 Å². The quantitative estimate of drug-likeness (QED) is 0.329. The van der Waals surface area contributed by atoms with Gasteiger partial charge in [0.15, 0.2) is 17.5 Å². The van der Waals surface area contributed by atoms with Crippen molar-refractivity contribution in [2.24, 2.45) is 10.7 Å². The Morgan fingerprint density at radius 3 is 2.78 bits per heavy atom. The maximum atomic E-state index is 8.81. The number of unbranched alkanes of at least 4 members (excludes halogenated alkanes) is 3. The number of methoxy groups -OCH3 is 1. The molecule has 0 fully saturated rings. The summed E-state index contributed by atoms with van der Waals surface area (Å²) in [5, 5.41) is 11.9. The Kier molecular flexibility index (Phi) is 9.63. The molecule has 0 aliphatic heterocycles. The summed E-state index contributed by atoms with van der Waals surface area (Å²) < 4.78 is 10.7. The third kappa shape index (κ3) is 7.74. The molecule has 0 saturated heterocycles. The van der Waals surface area contributed by atoms with Gasteiger partial charge in [-0.3, -0.25) is 0 Å². The first-order chi connectivity index (χ1) is 11.2. The fourth-order valence-corrected chi connectivity index (χ4v) is 2.09. The van der Waals surface area contributed by atoms with Crippen molar-refractivity contribution in [2.75, 3.05) is 26.9 Å². The van der Waals surface area contributed by atoms with Crippen LogP contribution in [0.1, 0.15) is 38.2 Å². The molecule has 0 bridgehead atoms. The second kappa shape index (κ2) is 11.6. The number of aliphatic hydroxyl groups is 1. The van der Waals surface area contributed by atoms with Gasteiger partial charge in [0.25, 0.3) is 0 Å². The number of nitrogens with zero attached hydrogens (tertiary/aromatic N) is 1. The van der Waals surface area contributed by atoms with Crippen LogP contribution in [0.2, 0.25) is 0 Å². The molecule has 0 unspecified atom stereocenters. The minimum Gasteiger partial charge on any atom is -0.493 e. The van der Waals surface area contributed by atoms with Crippen LogP contribution in [0.25, 0.3) is 0 Å². The molecule has 0 saturated carbocycles. The highest BCUT2D eigenvalue weighted by atomic mass is 16.5. The lowest BCUT2D eigenvalue weighted by molar-refractivity contribution is 0.196. The van der Waals surface area contributed by atoms with Gasteiger partial charge in [-0.15, -0.1) is 0 Å². The Morgan fingerprint density at radius 2 is 2.09 bits per heavy atom. The zero-order valence-electron chi connectivity index (χ0n) is 14.2. The van der Waals surface area contributed by atoms with Gasteiger partial charge in [-0.1, -0.05) is 32.3 Å². The summed E-state index contributed by atoms with van der Waals surface area (Å²) >= 11 is 0. The average molecular weight is 323 g/mol. The minimum atomic E-state index is -0.0321. The first kappa shape index (κ1) is 19.1. The molecule has 23 heavy (non-hydrogen) atoms. The summed E-state index contributed by atoms with van der Waals surface area (Å²) in [6.45, 7) is 3.73. The van der Waals surface area contributed by atoms with Crippen molar-refractivity contribution >= 4 is 5.96 Å². The van der Waals surface area contributed by atoms with Crippen LogP contribution < -0.4 is 20.5 Å². The van der Waals surface area contributed by atoms with Gasteiger partial charge < -0.3 is 25.6 Å². The molecule has 0 heterocycles. The van der Waals surface area contributed by atoms with Gasteiger partial charge in [0, 0.05) is 6.54 Å². The van der Waals surface area contributed by atoms with Gasteiger partial charge in [-0.2, -0.15) is 0 Å². The van der Waals surface area contributed by atoms with Crippen LogP contribution in [0.3, 0.4) is 0 Å². The van der Waals surface area contributed by atoms with E-state index in [0.29, 0.717) is 24.0 Å². The lowest BCUT2D eigenvalue weighted by Gasteiger charge is -2.11. The van der Waals surface area contributed by atoms with E-state index < -0.39 is 0 Å². The lowest BCUT2D eigenvalue weighted by atomic mass is 10.2. The largest absolute Gasteiger partial charge is 0.493 e. The van der Waals surface area contributed by atoms with Crippen LogP contribution in [0, 0.1) is 0 Å². The van der Waals surface area contributed by atoms with E-state index in [0.717, 1.165) is 18.5 Å². The highest BCUT2D eigenvalue weighted by Crippen LogP contribution is 2.28. The van der Waals surface area contributed by atoms with E-state index in [1.54, 1.807) is 7.11 Å². The molecular weight excluding hydrogens is 294 g/mol. The Bertz CT molecular complexity index is 478. The molecule has 0 spiro atoms. The topological polar surface area (TPSA) is 89.1 Å². The maximum absolute atomic E-state index is 8.81. The van der Waals surface area contributed by atoms with Crippen LogP contribution in [0.5, 0.6) is 11.5 Å². The minimum absolute atomic E-state index is 0.0321. The summed E-state index contributed by atoms with van der Waals surface area (Å²) in [5.74, 6) is 1.69. The van der Waals surface area contributed by atoms with Gasteiger partial charge in [0.05, 0.1) is 20.3 Å². The summed E-state index contributed by atoms with van der Waals surface area (Å²) in [7, 11) is 1.58. The van der Waals surface area contributed by atoms with Crippen molar-refractivity contribution in [1.82, 2.24) is 5.32 Å². The number of rotatable bonds is 11. The number of aliphatic imine (C=N–C) groups is 1. The van der Waals surface area contributed by atoms with Crippen LogP contribution in [-0.2, 0) is 6.54 Å². The number of ether oxygens (including phenoxy) is 2. The van der Waals surface area contributed by atoms with Gasteiger partial charge in [-0.05, 0) is 24.1 Å². The smallest absolute Gasteiger partial charge is 0.188 e. The molecular formula is C17H29N3O3. The van der Waals surface area contributed by atoms with Gasteiger partial charge >= 0.3 is 0 Å². The van der Waals surface area contributed by atoms with E-state index in [4.69, 9.17) is 20.3 Å². The Hall–Kier alpha value is -1.95. The number of benzene rings is 1. The summed E-state index contributed by atoms with van der Waals surface area (Å²) in [6.07, 6.45) is 4.80. The number of hydrogen-bond acceptors (Lipinski definition) is 4. The van der Waals surface area contributed by atoms with Gasteiger partial charge in [0.1, 0.15) is 6.61 Å². The molecule has 6 heteroatoms. The van der Waals surface area contributed by atoms with E-state index in [1.807, 2.05) is 18.2 Å². The fourth-order valence-electron chi connectivity index (χ4n) is 2.09. The van der Waals surface area contributed by atoms with E-state index in [9.17, 15) is 0 Å². The molecule has 0 radical (unpaired) electrons. The second-order valence-corrected chi connectivity index (χ2v) is 5.25. The van der Waals surface area contributed by atoms with E-state index >= 15 is 0 Å². The number of hydrogen-bond donors (Lipinski definition) is 3. The summed E-state index contributed by atoms with van der Waals surface area (Å²) in [5.41, 5.74) is 6.84. The predicted octanol–water partition coefficient (Wildman–Crippen LogP) is 2.05. The first-order valence-electron chi connectivity index (χ1n) is 8.15. The monoisotopic (exact) mass is 323 g/mol. The maximum Gasteiger partial charge on any atom is 0.188 e. The third-order valence-corrected chi connectivity index (χ3v) is 3.35. The van der Waals surface area contributed by atoms with Gasteiger partial charge in [0.2, 0.25) is 0 Å². The number of nitrogens with one attached hydrogen (secondary N) is 1. The standard InChI is InChI=1S/C17H29N3O3/c1-3-4-5-6-9-19-17(18)20-13-14-7-8-15(23-11-10-21)16(12-14)22-2/h7-8,12,21H,3-6,9-11,13H2,1-2H3,(H3,18,19,20). The Labute approximate surface area is 138 Å². The molecule has 0 amide bonds.